The smallest absolute Gasteiger partial charge is 0.239 e. The van der Waals surface area contributed by atoms with E-state index in [9.17, 15) is 9.59 Å². The van der Waals surface area contributed by atoms with Crippen LogP contribution < -0.4 is 0 Å². The topological polar surface area (TPSA) is 52.0 Å². The van der Waals surface area contributed by atoms with E-state index in [1.54, 1.807) is 13.1 Å². The molecule has 12 heavy (non-hydrogen) atoms. The molecule has 4 nitrogen and oxygen atoms in total. The summed E-state index contributed by atoms with van der Waals surface area (Å²) >= 11 is 0. The van der Waals surface area contributed by atoms with Crippen LogP contribution in [-0.4, -0.2) is 21.2 Å². The van der Waals surface area contributed by atoms with Gasteiger partial charge in [-0.2, -0.15) is 0 Å². The minimum absolute atomic E-state index is 0.0583. The number of carbonyl (C=O) groups excluding carboxylic acids is 2. The van der Waals surface area contributed by atoms with Crippen molar-refractivity contribution < 1.29 is 9.59 Å². The third kappa shape index (κ3) is 1.78. The Balaban J connectivity index is 2.78. The summed E-state index contributed by atoms with van der Waals surface area (Å²) in [6, 6.07) is 0. The largest absolute Gasteiger partial charge is 0.299 e. The van der Waals surface area contributed by atoms with Crippen LogP contribution in [-0.2, 0) is 4.79 Å². The lowest BCUT2D eigenvalue weighted by Gasteiger charge is -1.99. The molecule has 0 aliphatic heterocycles. The van der Waals surface area contributed by atoms with E-state index in [2.05, 4.69) is 4.98 Å². The lowest BCUT2D eigenvalue weighted by molar-refractivity contribution is -0.116. The van der Waals surface area contributed by atoms with Gasteiger partial charge in [-0.3, -0.25) is 14.2 Å². The van der Waals surface area contributed by atoms with Gasteiger partial charge in [0.15, 0.2) is 0 Å². The second kappa shape index (κ2) is 3.30. The molecule has 1 heterocycles. The number of nitrogens with zero attached hydrogens (tertiary/aromatic N) is 2. The third-order valence-corrected chi connectivity index (χ3v) is 1.49. The van der Waals surface area contributed by atoms with E-state index < -0.39 is 0 Å². The summed E-state index contributed by atoms with van der Waals surface area (Å²) < 4.78 is 1.38. The Kier molecular flexibility index (Phi) is 2.38. The molecular formula is C8H10N2O2. The molecule has 1 rings (SSSR count). The molecule has 64 valence electrons. The van der Waals surface area contributed by atoms with E-state index in [1.807, 2.05) is 0 Å². The van der Waals surface area contributed by atoms with Crippen molar-refractivity contribution in [2.24, 2.45) is 0 Å². The van der Waals surface area contributed by atoms with Crippen LogP contribution in [0.5, 0.6) is 0 Å². The standard InChI is InChI=1S/C8H10N2O2/c1-6(11)5-8(12)10-4-3-9-7(10)2/h3-4H,5H2,1-2H3. The molecule has 4 heteroatoms. The van der Waals surface area contributed by atoms with Crippen LogP contribution in [0.4, 0.5) is 0 Å². The average molecular weight is 166 g/mol. The molecule has 0 N–H and O–H groups in total. The molecule has 1 aromatic rings. The Morgan fingerprint density at radius 1 is 1.58 bits per heavy atom. The molecule has 1 aromatic heterocycles. The second-order valence-electron chi connectivity index (χ2n) is 2.62. The molecule has 0 aliphatic carbocycles. The van der Waals surface area contributed by atoms with Crippen LogP contribution in [0.3, 0.4) is 0 Å². The molecule has 0 spiro atoms. The maximum Gasteiger partial charge on any atom is 0.239 e. The molecule has 0 radical (unpaired) electrons. The maximum absolute atomic E-state index is 11.2. The van der Waals surface area contributed by atoms with Crippen LogP contribution in [0.25, 0.3) is 0 Å². The van der Waals surface area contributed by atoms with E-state index in [1.165, 1.54) is 17.7 Å². The first-order valence-corrected chi connectivity index (χ1v) is 3.64. The van der Waals surface area contributed by atoms with E-state index in [0.717, 1.165) is 0 Å². The van der Waals surface area contributed by atoms with Crippen molar-refractivity contribution in [2.45, 2.75) is 20.3 Å². The summed E-state index contributed by atoms with van der Waals surface area (Å²) in [6.45, 7) is 3.11. The molecule has 0 saturated heterocycles. The Bertz CT molecular complexity index is 315. The molecule has 0 amide bonds. The first kappa shape index (κ1) is 8.64. The predicted molar refractivity (Wildman–Crippen MR) is 42.9 cm³/mol. The van der Waals surface area contributed by atoms with Crippen LogP contribution in [0.2, 0.25) is 0 Å². The Labute approximate surface area is 70.2 Å². The van der Waals surface area contributed by atoms with Crippen molar-refractivity contribution >= 4 is 11.7 Å². The van der Waals surface area contributed by atoms with Crippen molar-refractivity contribution in [3.63, 3.8) is 0 Å². The monoisotopic (exact) mass is 166 g/mol. The zero-order valence-corrected chi connectivity index (χ0v) is 7.07. The highest BCUT2D eigenvalue weighted by molar-refractivity contribution is 5.98. The average Bonchev–Trinajstić information content (AvgIpc) is 2.33. The van der Waals surface area contributed by atoms with E-state index in [4.69, 9.17) is 0 Å². The van der Waals surface area contributed by atoms with Crippen LogP contribution in [0.15, 0.2) is 12.4 Å². The Hall–Kier alpha value is -1.45. The van der Waals surface area contributed by atoms with E-state index in [-0.39, 0.29) is 18.1 Å². The highest BCUT2D eigenvalue weighted by Crippen LogP contribution is 1.97. The van der Waals surface area contributed by atoms with Gasteiger partial charge >= 0.3 is 0 Å². The highest BCUT2D eigenvalue weighted by atomic mass is 16.2. The molecule has 0 saturated carbocycles. The molecule has 0 fully saturated rings. The number of imidazole rings is 1. The van der Waals surface area contributed by atoms with Gasteiger partial charge in [-0.15, -0.1) is 0 Å². The molecule has 0 aliphatic rings. The number of hydrogen-bond acceptors (Lipinski definition) is 3. The predicted octanol–water partition coefficient (Wildman–Crippen LogP) is 0.811. The number of ketones is 1. The summed E-state index contributed by atoms with van der Waals surface area (Å²) in [5.41, 5.74) is 0. The SMILES string of the molecule is CC(=O)CC(=O)n1ccnc1C. The van der Waals surface area contributed by atoms with Gasteiger partial charge in [0.2, 0.25) is 5.91 Å². The van der Waals surface area contributed by atoms with Crippen molar-refractivity contribution in [2.75, 3.05) is 0 Å². The minimum Gasteiger partial charge on any atom is -0.299 e. The van der Waals surface area contributed by atoms with Gasteiger partial charge in [-0.1, -0.05) is 0 Å². The third-order valence-electron chi connectivity index (χ3n) is 1.49. The lowest BCUT2D eigenvalue weighted by Crippen LogP contribution is -2.14. The van der Waals surface area contributed by atoms with Crippen LogP contribution in [0.1, 0.15) is 24.0 Å². The van der Waals surface area contributed by atoms with Crippen molar-refractivity contribution in [3.05, 3.63) is 18.2 Å². The summed E-state index contributed by atoms with van der Waals surface area (Å²) in [5, 5.41) is 0. The zero-order chi connectivity index (χ0) is 9.14. The van der Waals surface area contributed by atoms with Gasteiger partial charge in [0.1, 0.15) is 11.6 Å². The maximum atomic E-state index is 11.2. The normalized spacial score (nSPS) is 9.83. The van der Waals surface area contributed by atoms with Crippen molar-refractivity contribution in [1.82, 2.24) is 9.55 Å². The molecule has 0 unspecified atom stereocenters. The summed E-state index contributed by atoms with van der Waals surface area (Å²) in [4.78, 5) is 25.7. The van der Waals surface area contributed by atoms with Gasteiger partial charge in [-0.05, 0) is 13.8 Å². The van der Waals surface area contributed by atoms with Gasteiger partial charge in [0.25, 0.3) is 0 Å². The highest BCUT2D eigenvalue weighted by Gasteiger charge is 2.08. The summed E-state index contributed by atoms with van der Waals surface area (Å²) in [6.07, 6.45) is 3.03. The van der Waals surface area contributed by atoms with E-state index >= 15 is 0 Å². The quantitative estimate of drug-likeness (QED) is 0.611. The Morgan fingerprint density at radius 3 is 2.67 bits per heavy atom. The number of rotatable bonds is 2. The fraction of sp³-hybridized carbons (Fsp3) is 0.375. The van der Waals surface area contributed by atoms with Gasteiger partial charge in [-0.25, -0.2) is 4.98 Å². The minimum atomic E-state index is -0.225. The lowest BCUT2D eigenvalue weighted by atomic mass is 10.3. The molecule has 0 aromatic carbocycles. The number of Topliss-reactive ketones (excluding diaryl/α,β-unsaturated/α-hetero) is 1. The number of hydrogen-bond donors (Lipinski definition) is 0. The van der Waals surface area contributed by atoms with Gasteiger partial charge in [0.05, 0.1) is 6.42 Å². The van der Waals surface area contributed by atoms with Gasteiger partial charge in [0, 0.05) is 12.4 Å². The first-order chi connectivity index (χ1) is 5.61. The summed E-state index contributed by atoms with van der Waals surface area (Å²) in [5.74, 6) is 0.256. The number of aromatic nitrogens is 2. The molecule has 0 bridgehead atoms. The zero-order valence-electron chi connectivity index (χ0n) is 7.07. The summed E-state index contributed by atoms with van der Waals surface area (Å²) in [7, 11) is 0. The number of carbonyl (C=O) groups is 2. The Morgan fingerprint density at radius 2 is 2.25 bits per heavy atom. The van der Waals surface area contributed by atoms with Crippen LogP contribution in [0, 0.1) is 6.92 Å². The van der Waals surface area contributed by atoms with Gasteiger partial charge < -0.3 is 0 Å². The fourth-order valence-corrected chi connectivity index (χ4v) is 0.940. The molecule has 0 atom stereocenters. The van der Waals surface area contributed by atoms with Crippen molar-refractivity contribution in [3.8, 4) is 0 Å². The molecular weight excluding hydrogens is 156 g/mol. The fourth-order valence-electron chi connectivity index (χ4n) is 0.940. The number of aryl methyl sites for hydroxylation is 1. The van der Waals surface area contributed by atoms with Crippen LogP contribution >= 0.6 is 0 Å². The van der Waals surface area contributed by atoms with Crippen molar-refractivity contribution in [1.29, 1.82) is 0 Å². The first-order valence-electron chi connectivity index (χ1n) is 3.64. The second-order valence-corrected chi connectivity index (χ2v) is 2.62. The van der Waals surface area contributed by atoms with E-state index in [0.29, 0.717) is 5.82 Å².